The van der Waals surface area contributed by atoms with Crippen LogP contribution in [0.15, 0.2) is 0 Å². The number of halogens is 1. The molecule has 0 unspecified atom stereocenters. The van der Waals surface area contributed by atoms with E-state index in [4.69, 9.17) is 11.6 Å². The molecule has 1 nitrogen and oxygen atoms in total. The minimum absolute atomic E-state index is 0.476. The van der Waals surface area contributed by atoms with Gasteiger partial charge in [-0.2, -0.15) is 0 Å². The van der Waals surface area contributed by atoms with Gasteiger partial charge in [0.25, 0.3) is 0 Å². The normalized spacial score (nSPS) is 40.1. The van der Waals surface area contributed by atoms with Gasteiger partial charge < -0.3 is 0 Å². The molecule has 2 rings (SSSR count). The van der Waals surface area contributed by atoms with Crippen LogP contribution in [0, 0.1) is 17.8 Å². The zero-order valence-corrected chi connectivity index (χ0v) is 8.72. The molecular weight excluding hydrogens is 184 g/mol. The molecule has 0 N–H and O–H groups in total. The van der Waals surface area contributed by atoms with Crippen molar-refractivity contribution >= 4 is 17.4 Å². The average Bonchev–Trinajstić information content (AvgIpc) is 2.39. The minimum Gasteiger partial charge on any atom is -0.300 e. The molecule has 2 fully saturated rings. The van der Waals surface area contributed by atoms with Gasteiger partial charge in [0.2, 0.25) is 0 Å². The molecule has 2 saturated carbocycles. The molecule has 0 aromatic rings. The number of carbonyl (C=O) groups is 1. The number of carbonyl (C=O) groups excluding carboxylic acids is 1. The third-order valence-corrected chi connectivity index (χ3v) is 4.21. The van der Waals surface area contributed by atoms with E-state index in [1.165, 1.54) is 19.3 Å². The fraction of sp³-hybridized carbons (Fsp3) is 0.909. The highest BCUT2D eigenvalue weighted by Crippen LogP contribution is 2.44. The molecule has 74 valence electrons. The molecule has 0 heterocycles. The number of ketones is 1. The highest BCUT2D eigenvalue weighted by Gasteiger charge is 2.37. The summed E-state index contributed by atoms with van der Waals surface area (Å²) in [6.07, 6.45) is 6.60. The van der Waals surface area contributed by atoms with Gasteiger partial charge in [-0.25, -0.2) is 0 Å². The van der Waals surface area contributed by atoms with Gasteiger partial charge in [-0.15, -0.1) is 11.6 Å². The summed E-state index contributed by atoms with van der Waals surface area (Å²) in [5.74, 6) is 3.31. The Morgan fingerprint density at radius 1 is 1.31 bits per heavy atom. The van der Waals surface area contributed by atoms with Crippen molar-refractivity contribution in [3.63, 3.8) is 0 Å². The van der Waals surface area contributed by atoms with Gasteiger partial charge in [0.1, 0.15) is 5.78 Å². The average molecular weight is 201 g/mol. The second-order valence-electron chi connectivity index (χ2n) is 4.55. The first-order valence-electron chi connectivity index (χ1n) is 5.39. The highest BCUT2D eigenvalue weighted by molar-refractivity contribution is 6.18. The Labute approximate surface area is 84.8 Å². The number of hydrogen-bond acceptors (Lipinski definition) is 1. The van der Waals surface area contributed by atoms with Crippen molar-refractivity contribution in [2.24, 2.45) is 17.8 Å². The zero-order chi connectivity index (χ0) is 9.26. The largest absolute Gasteiger partial charge is 0.300 e. The van der Waals surface area contributed by atoms with Gasteiger partial charge in [-0.1, -0.05) is 0 Å². The van der Waals surface area contributed by atoms with Crippen molar-refractivity contribution in [3.8, 4) is 0 Å². The molecule has 13 heavy (non-hydrogen) atoms. The van der Waals surface area contributed by atoms with E-state index in [9.17, 15) is 4.79 Å². The van der Waals surface area contributed by atoms with Crippen LogP contribution >= 0.6 is 11.6 Å². The minimum atomic E-state index is 0.476. The summed E-state index contributed by atoms with van der Waals surface area (Å²) in [7, 11) is 0. The Kier molecular flexibility index (Phi) is 2.92. The van der Waals surface area contributed by atoms with E-state index in [0.29, 0.717) is 17.6 Å². The quantitative estimate of drug-likeness (QED) is 0.595. The van der Waals surface area contributed by atoms with Crippen LogP contribution in [0.1, 0.15) is 38.5 Å². The van der Waals surface area contributed by atoms with Crippen molar-refractivity contribution in [1.82, 2.24) is 0 Å². The SMILES string of the molecule is O=C1CCC[C@H]2CC[C@H](CCl)[C@@H]2C1. The van der Waals surface area contributed by atoms with E-state index >= 15 is 0 Å². The van der Waals surface area contributed by atoms with Crippen LogP contribution in [0.4, 0.5) is 0 Å². The van der Waals surface area contributed by atoms with E-state index in [2.05, 4.69) is 0 Å². The third kappa shape index (κ3) is 1.90. The van der Waals surface area contributed by atoms with Crippen LogP contribution < -0.4 is 0 Å². The van der Waals surface area contributed by atoms with Gasteiger partial charge in [0.15, 0.2) is 0 Å². The zero-order valence-electron chi connectivity index (χ0n) is 7.97. The number of rotatable bonds is 1. The second-order valence-corrected chi connectivity index (χ2v) is 4.86. The molecule has 0 bridgehead atoms. The topological polar surface area (TPSA) is 17.1 Å². The lowest BCUT2D eigenvalue weighted by molar-refractivity contribution is -0.119. The summed E-state index contributed by atoms with van der Waals surface area (Å²) in [6, 6.07) is 0. The molecule has 0 radical (unpaired) electrons. The summed E-state index contributed by atoms with van der Waals surface area (Å²) in [5.41, 5.74) is 0. The third-order valence-electron chi connectivity index (χ3n) is 3.81. The molecule has 0 aliphatic heterocycles. The Bertz CT molecular complexity index is 202. The maximum atomic E-state index is 11.4. The van der Waals surface area contributed by atoms with E-state index in [1.807, 2.05) is 0 Å². The molecule has 2 aliphatic carbocycles. The highest BCUT2D eigenvalue weighted by atomic mass is 35.5. The number of Topliss-reactive ketones (excluding diaryl/α,β-unsaturated/α-hetero) is 1. The predicted molar refractivity (Wildman–Crippen MR) is 53.9 cm³/mol. The van der Waals surface area contributed by atoms with Crippen LogP contribution in [0.25, 0.3) is 0 Å². The van der Waals surface area contributed by atoms with Crippen LogP contribution in [0.5, 0.6) is 0 Å². The standard InChI is InChI=1S/C11H17ClO/c12-7-9-5-4-8-2-1-3-10(13)6-11(8)9/h8-9,11H,1-7H2/t8-,9+,11+/m0/s1. The van der Waals surface area contributed by atoms with E-state index < -0.39 is 0 Å². The summed E-state index contributed by atoms with van der Waals surface area (Å²) in [4.78, 5) is 11.4. The molecule has 2 heteroatoms. The maximum Gasteiger partial charge on any atom is 0.133 e. The van der Waals surface area contributed by atoms with E-state index in [0.717, 1.165) is 31.1 Å². The first-order chi connectivity index (χ1) is 6.31. The van der Waals surface area contributed by atoms with E-state index in [1.54, 1.807) is 0 Å². The fourth-order valence-electron chi connectivity index (χ4n) is 3.05. The van der Waals surface area contributed by atoms with Gasteiger partial charge in [0, 0.05) is 18.7 Å². The van der Waals surface area contributed by atoms with Gasteiger partial charge in [-0.3, -0.25) is 4.79 Å². The van der Waals surface area contributed by atoms with Crippen molar-refractivity contribution in [3.05, 3.63) is 0 Å². The van der Waals surface area contributed by atoms with Crippen LogP contribution in [-0.4, -0.2) is 11.7 Å². The first-order valence-corrected chi connectivity index (χ1v) is 5.92. The Morgan fingerprint density at radius 3 is 2.92 bits per heavy atom. The van der Waals surface area contributed by atoms with Crippen LogP contribution in [0.3, 0.4) is 0 Å². The fourth-order valence-corrected chi connectivity index (χ4v) is 3.43. The summed E-state index contributed by atoms with van der Waals surface area (Å²) >= 11 is 5.92. The molecule has 2 aliphatic rings. The number of alkyl halides is 1. The molecule has 0 aromatic heterocycles. The van der Waals surface area contributed by atoms with Gasteiger partial charge >= 0.3 is 0 Å². The summed E-state index contributed by atoms with van der Waals surface area (Å²) in [5, 5.41) is 0. The molecule has 0 spiro atoms. The smallest absolute Gasteiger partial charge is 0.133 e. The second kappa shape index (κ2) is 4.00. The lowest BCUT2D eigenvalue weighted by Gasteiger charge is -2.20. The van der Waals surface area contributed by atoms with Gasteiger partial charge in [-0.05, 0) is 43.4 Å². The molecule has 0 saturated heterocycles. The monoisotopic (exact) mass is 200 g/mol. The first kappa shape index (κ1) is 9.51. The lowest BCUT2D eigenvalue weighted by Crippen LogP contribution is -2.17. The summed E-state index contributed by atoms with van der Waals surface area (Å²) < 4.78 is 0. The predicted octanol–water partition coefficient (Wildman–Crippen LogP) is 3.01. The van der Waals surface area contributed by atoms with Crippen LogP contribution in [-0.2, 0) is 4.79 Å². The number of hydrogen-bond donors (Lipinski definition) is 0. The summed E-state index contributed by atoms with van der Waals surface area (Å²) in [6.45, 7) is 0. The van der Waals surface area contributed by atoms with Crippen molar-refractivity contribution < 1.29 is 4.79 Å². The van der Waals surface area contributed by atoms with Crippen molar-refractivity contribution in [1.29, 1.82) is 0 Å². The maximum absolute atomic E-state index is 11.4. The molecule has 0 aromatic carbocycles. The Balaban J connectivity index is 2.06. The number of fused-ring (bicyclic) bond motifs is 1. The Hall–Kier alpha value is -0.0400. The Morgan fingerprint density at radius 2 is 2.15 bits per heavy atom. The van der Waals surface area contributed by atoms with Gasteiger partial charge in [0.05, 0.1) is 0 Å². The molecule has 0 amide bonds. The lowest BCUT2D eigenvalue weighted by atomic mass is 9.86. The van der Waals surface area contributed by atoms with Crippen molar-refractivity contribution in [2.45, 2.75) is 38.5 Å². The van der Waals surface area contributed by atoms with Crippen molar-refractivity contribution in [2.75, 3.05) is 5.88 Å². The molecule has 3 atom stereocenters. The molecular formula is C11H17ClO. The van der Waals surface area contributed by atoms with E-state index in [-0.39, 0.29) is 0 Å². The van der Waals surface area contributed by atoms with Crippen LogP contribution in [0.2, 0.25) is 0 Å².